The van der Waals surface area contributed by atoms with Crippen molar-refractivity contribution in [3.63, 3.8) is 0 Å². The smallest absolute Gasteiger partial charge is 0.220 e. The number of hydrogen-bond donors (Lipinski definition) is 6. The van der Waals surface area contributed by atoms with E-state index in [2.05, 4.69) is 31.3 Å². The fourth-order valence-corrected chi connectivity index (χ4v) is 7.21. The molecule has 1 amide bonds. The Morgan fingerprint density at radius 1 is 0.623 bits per heavy atom. The highest BCUT2D eigenvalue weighted by atomic mass is 16.7. The molecule has 1 rings (SSSR count). The van der Waals surface area contributed by atoms with E-state index < -0.39 is 49.5 Å². The first kappa shape index (κ1) is 49.9. The van der Waals surface area contributed by atoms with Crippen LogP contribution in [0, 0.1) is 0 Å². The molecule has 0 aromatic heterocycles. The molecular formula is C44H85NO8. The number of aliphatic hydroxyl groups excluding tert-OH is 5. The molecule has 0 radical (unpaired) electrons. The van der Waals surface area contributed by atoms with Crippen LogP contribution in [0.25, 0.3) is 0 Å². The zero-order chi connectivity index (χ0) is 38.8. The second kappa shape index (κ2) is 35.4. The van der Waals surface area contributed by atoms with Crippen LogP contribution < -0.4 is 5.32 Å². The van der Waals surface area contributed by atoms with Crippen LogP contribution >= 0.6 is 0 Å². The molecule has 9 nitrogen and oxygen atoms in total. The lowest BCUT2D eigenvalue weighted by atomic mass is 9.99. The van der Waals surface area contributed by atoms with Crippen molar-refractivity contribution in [1.82, 2.24) is 5.32 Å². The van der Waals surface area contributed by atoms with E-state index in [0.717, 1.165) is 44.9 Å². The predicted octanol–water partition coefficient (Wildman–Crippen LogP) is 8.95. The molecule has 1 aliphatic rings. The van der Waals surface area contributed by atoms with Gasteiger partial charge in [-0.25, -0.2) is 0 Å². The number of ether oxygens (including phenoxy) is 2. The summed E-state index contributed by atoms with van der Waals surface area (Å²) in [5.41, 5.74) is 0. The fourth-order valence-electron chi connectivity index (χ4n) is 7.21. The van der Waals surface area contributed by atoms with E-state index in [1.165, 1.54) is 135 Å². The van der Waals surface area contributed by atoms with Gasteiger partial charge < -0.3 is 40.3 Å². The van der Waals surface area contributed by atoms with Gasteiger partial charge in [0.15, 0.2) is 6.29 Å². The maximum absolute atomic E-state index is 12.9. The van der Waals surface area contributed by atoms with Crippen molar-refractivity contribution in [2.45, 2.75) is 249 Å². The average molecular weight is 756 g/mol. The molecule has 0 spiro atoms. The summed E-state index contributed by atoms with van der Waals surface area (Å²) >= 11 is 0. The highest BCUT2D eigenvalue weighted by Crippen LogP contribution is 2.23. The molecule has 0 bridgehead atoms. The first-order valence-corrected chi connectivity index (χ1v) is 22.4. The second-order valence-electron chi connectivity index (χ2n) is 15.8. The minimum atomic E-state index is -1.55. The van der Waals surface area contributed by atoms with Gasteiger partial charge in [-0.05, 0) is 38.5 Å². The van der Waals surface area contributed by atoms with Gasteiger partial charge in [-0.2, -0.15) is 0 Å². The maximum atomic E-state index is 12.9. The first-order valence-electron chi connectivity index (χ1n) is 22.4. The number of amides is 1. The van der Waals surface area contributed by atoms with Gasteiger partial charge in [0, 0.05) is 6.42 Å². The third kappa shape index (κ3) is 26.4. The number of unbranched alkanes of at least 4 members (excludes halogenated alkanes) is 25. The van der Waals surface area contributed by atoms with E-state index >= 15 is 0 Å². The standard InChI is InChI=1S/C44H85NO8/c1-3-5-7-9-11-13-15-16-17-18-19-20-21-22-23-24-26-28-30-32-34-40(48)45-37(36-52-44-43(51)42(50)41(49)39(35-46)53-44)38(47)33-31-29-27-25-14-12-10-8-6-4-2/h14,25,37-39,41-44,46-47,49-51H,3-13,15-24,26-36H2,1-2H3,(H,45,48)/b25-14+/t37-,38+,39-,41-,42?,43?,44-/m0/s1. The number of hydrogen-bond acceptors (Lipinski definition) is 8. The molecule has 7 atom stereocenters. The molecule has 1 saturated heterocycles. The lowest BCUT2D eigenvalue weighted by molar-refractivity contribution is -0.302. The molecule has 2 unspecified atom stereocenters. The largest absolute Gasteiger partial charge is 0.394 e. The number of allylic oxidation sites excluding steroid dienone is 2. The van der Waals surface area contributed by atoms with Crippen molar-refractivity contribution in [2.75, 3.05) is 13.2 Å². The fraction of sp³-hybridized carbons (Fsp3) is 0.932. The van der Waals surface area contributed by atoms with Gasteiger partial charge in [-0.3, -0.25) is 4.79 Å². The molecule has 1 heterocycles. The summed E-state index contributed by atoms with van der Waals surface area (Å²) in [6.07, 6.45) is 32.3. The van der Waals surface area contributed by atoms with Gasteiger partial charge in [-0.1, -0.05) is 174 Å². The lowest BCUT2D eigenvalue weighted by Gasteiger charge is -2.40. The van der Waals surface area contributed by atoms with Crippen molar-refractivity contribution < 1.29 is 39.8 Å². The number of aliphatic hydroxyl groups is 5. The van der Waals surface area contributed by atoms with Crippen LogP contribution in [0.2, 0.25) is 0 Å². The molecule has 0 saturated carbocycles. The minimum Gasteiger partial charge on any atom is -0.394 e. The number of carbonyl (C=O) groups excluding carboxylic acids is 1. The minimum absolute atomic E-state index is 0.146. The molecule has 0 aromatic rings. The van der Waals surface area contributed by atoms with Gasteiger partial charge in [-0.15, -0.1) is 0 Å². The molecule has 6 N–H and O–H groups in total. The van der Waals surface area contributed by atoms with Gasteiger partial charge in [0.05, 0.1) is 25.4 Å². The molecule has 1 fully saturated rings. The summed E-state index contributed by atoms with van der Waals surface area (Å²) in [7, 11) is 0. The van der Waals surface area contributed by atoms with Gasteiger partial charge >= 0.3 is 0 Å². The van der Waals surface area contributed by atoms with Crippen molar-refractivity contribution in [3.8, 4) is 0 Å². The normalized spacial score (nSPS) is 21.7. The topological polar surface area (TPSA) is 149 Å². The molecule has 53 heavy (non-hydrogen) atoms. The van der Waals surface area contributed by atoms with Crippen LogP contribution in [0.4, 0.5) is 0 Å². The van der Waals surface area contributed by atoms with E-state index in [4.69, 9.17) is 9.47 Å². The SMILES string of the molecule is CCCCCC/C=C/CCCC[C@@H](O)[C@H](CO[C@H]1O[C@@H](CO)[C@H](O)C(O)C1O)NC(=O)CCCCCCCCCCCCCCCCCCCCCC. The summed E-state index contributed by atoms with van der Waals surface area (Å²) in [6, 6.07) is -0.728. The first-order chi connectivity index (χ1) is 25.8. The number of carbonyl (C=O) groups is 1. The van der Waals surface area contributed by atoms with E-state index in [9.17, 15) is 30.3 Å². The Morgan fingerprint density at radius 2 is 1.06 bits per heavy atom. The molecule has 9 heteroatoms. The Balaban J connectivity index is 2.28. The lowest BCUT2D eigenvalue weighted by Crippen LogP contribution is -2.60. The number of rotatable bonds is 37. The predicted molar refractivity (Wildman–Crippen MR) is 217 cm³/mol. The van der Waals surface area contributed by atoms with Crippen molar-refractivity contribution >= 4 is 5.91 Å². The molecule has 0 aromatic carbocycles. The summed E-state index contributed by atoms with van der Waals surface area (Å²) in [5, 5.41) is 54.1. The Morgan fingerprint density at radius 3 is 1.53 bits per heavy atom. The summed E-state index contributed by atoms with van der Waals surface area (Å²) in [4.78, 5) is 12.9. The zero-order valence-electron chi connectivity index (χ0n) is 34.3. The molecule has 1 aliphatic heterocycles. The average Bonchev–Trinajstić information content (AvgIpc) is 3.16. The van der Waals surface area contributed by atoms with Crippen molar-refractivity contribution in [1.29, 1.82) is 0 Å². The highest BCUT2D eigenvalue weighted by Gasteiger charge is 2.44. The molecule has 0 aliphatic carbocycles. The van der Waals surface area contributed by atoms with E-state index in [1.54, 1.807) is 0 Å². The number of nitrogens with one attached hydrogen (secondary N) is 1. The van der Waals surface area contributed by atoms with Gasteiger partial charge in [0.1, 0.15) is 24.4 Å². The van der Waals surface area contributed by atoms with Crippen LogP contribution in [-0.4, -0.2) is 87.5 Å². The molecule has 314 valence electrons. The van der Waals surface area contributed by atoms with Crippen LogP contribution in [0.1, 0.15) is 206 Å². The Bertz CT molecular complexity index is 842. The van der Waals surface area contributed by atoms with Gasteiger partial charge in [0.2, 0.25) is 5.91 Å². The Kier molecular flexibility index (Phi) is 33.3. The van der Waals surface area contributed by atoms with E-state index in [1.807, 2.05) is 0 Å². The second-order valence-corrected chi connectivity index (χ2v) is 15.8. The monoisotopic (exact) mass is 756 g/mol. The summed E-state index contributed by atoms with van der Waals surface area (Å²) in [5.74, 6) is -0.153. The van der Waals surface area contributed by atoms with Crippen LogP contribution in [0.5, 0.6) is 0 Å². The van der Waals surface area contributed by atoms with Crippen molar-refractivity contribution in [2.24, 2.45) is 0 Å². The van der Waals surface area contributed by atoms with E-state index in [0.29, 0.717) is 12.8 Å². The van der Waals surface area contributed by atoms with E-state index in [-0.39, 0.29) is 12.5 Å². The van der Waals surface area contributed by atoms with Crippen LogP contribution in [-0.2, 0) is 14.3 Å². The third-order valence-electron chi connectivity index (χ3n) is 10.9. The highest BCUT2D eigenvalue weighted by molar-refractivity contribution is 5.76. The summed E-state index contributed by atoms with van der Waals surface area (Å²) in [6.45, 7) is 3.79. The zero-order valence-corrected chi connectivity index (χ0v) is 34.3. The third-order valence-corrected chi connectivity index (χ3v) is 10.9. The maximum Gasteiger partial charge on any atom is 0.220 e. The van der Waals surface area contributed by atoms with Gasteiger partial charge in [0.25, 0.3) is 0 Å². The molecular weight excluding hydrogens is 670 g/mol. The van der Waals surface area contributed by atoms with Crippen LogP contribution in [0.15, 0.2) is 12.2 Å². The summed E-state index contributed by atoms with van der Waals surface area (Å²) < 4.78 is 11.2. The van der Waals surface area contributed by atoms with Crippen LogP contribution in [0.3, 0.4) is 0 Å². The Hall–Kier alpha value is -1.07. The Labute approximate surface area is 325 Å². The van der Waals surface area contributed by atoms with Crippen molar-refractivity contribution in [3.05, 3.63) is 12.2 Å². The quantitative estimate of drug-likeness (QED) is 0.0272.